The lowest BCUT2D eigenvalue weighted by Gasteiger charge is -2.25. The predicted molar refractivity (Wildman–Crippen MR) is 276 cm³/mol. The van der Waals surface area contributed by atoms with Gasteiger partial charge in [-0.2, -0.15) is 0 Å². The van der Waals surface area contributed by atoms with Gasteiger partial charge in [-0.05, 0) is 96.0 Å². The molecule has 0 spiro atoms. The van der Waals surface area contributed by atoms with E-state index in [4.69, 9.17) is 9.47 Å². The van der Waals surface area contributed by atoms with E-state index in [0.29, 0.717) is 37.4 Å². The summed E-state index contributed by atoms with van der Waals surface area (Å²) in [5.41, 5.74) is 0.863. The van der Waals surface area contributed by atoms with Crippen LogP contribution in [0.2, 0.25) is 0 Å². The molecule has 2 rings (SSSR count). The van der Waals surface area contributed by atoms with E-state index in [1.165, 1.54) is 96.3 Å². The van der Waals surface area contributed by atoms with Gasteiger partial charge in [0.1, 0.15) is 17.5 Å². The number of hydrogen-bond acceptors (Lipinski definition) is 9. The number of unbranched alkanes of at least 4 members (excludes halogenated alkanes) is 24. The Kier molecular flexibility index (Phi) is 35.6. The highest BCUT2D eigenvalue weighted by molar-refractivity contribution is 5.80. The molecule has 372 valence electrons. The monoisotopic (exact) mass is 908 g/mol. The Bertz CT molecular complexity index is 1490. The SMILES string of the molecule is CCCCCCCCCOC(=O)CCCCCCCN(CCCCCCCC(=O)OC(CCCCCCCC)CCCCCCCC)CCCNc1c(N(C)c2ccccc2)c(=O)c1=O. The van der Waals surface area contributed by atoms with Crippen LogP contribution in [0.5, 0.6) is 0 Å². The molecule has 0 aliphatic rings. The smallest absolute Gasteiger partial charge is 0.306 e. The number of ether oxygens (including phenoxy) is 2. The third-order valence-electron chi connectivity index (χ3n) is 13.1. The second kappa shape index (κ2) is 39.9. The number of hydrogen-bond donors (Lipinski definition) is 1. The van der Waals surface area contributed by atoms with Crippen LogP contribution in [0.3, 0.4) is 0 Å². The standard InChI is InChI=1S/C56H97N3O6/c1-5-8-11-14-17-26-36-48-64-51(60)42-32-22-18-24-34-45-59(47-37-44-57-53-54(56(63)55(53)62)58(4)49-38-28-27-29-39-49)46-35-25-19-23-33-43-52(61)65-50(40-30-20-15-12-9-6-2)41-31-21-16-13-10-7-3/h27-29,38-39,50,57H,5-26,30-37,40-48H2,1-4H3. The molecule has 0 amide bonds. The van der Waals surface area contributed by atoms with E-state index >= 15 is 0 Å². The highest BCUT2D eigenvalue weighted by atomic mass is 16.5. The summed E-state index contributed by atoms with van der Waals surface area (Å²) in [6, 6.07) is 9.66. The van der Waals surface area contributed by atoms with Gasteiger partial charge in [0.15, 0.2) is 0 Å². The summed E-state index contributed by atoms with van der Waals surface area (Å²) in [6.07, 6.45) is 38.3. The van der Waals surface area contributed by atoms with Gasteiger partial charge in [0.2, 0.25) is 0 Å². The number of nitrogens with zero attached hydrogens (tertiary/aromatic N) is 2. The van der Waals surface area contributed by atoms with Crippen molar-refractivity contribution in [3.05, 3.63) is 50.8 Å². The molecule has 9 nitrogen and oxygen atoms in total. The van der Waals surface area contributed by atoms with Crippen LogP contribution in [-0.4, -0.2) is 62.8 Å². The number of benzene rings is 1. The first kappa shape index (κ1) is 57.9. The summed E-state index contributed by atoms with van der Waals surface area (Å²) in [5.74, 6) is -0.0578. The summed E-state index contributed by atoms with van der Waals surface area (Å²) >= 11 is 0. The lowest BCUT2D eigenvalue weighted by molar-refractivity contribution is -0.150. The molecule has 0 aliphatic carbocycles. The molecule has 0 unspecified atom stereocenters. The Balaban J connectivity index is 1.74. The second-order valence-electron chi connectivity index (χ2n) is 19.0. The lowest BCUT2D eigenvalue weighted by Crippen LogP contribution is -2.40. The van der Waals surface area contributed by atoms with Gasteiger partial charge in [-0.15, -0.1) is 0 Å². The van der Waals surface area contributed by atoms with Crippen LogP contribution in [0.1, 0.15) is 239 Å². The Morgan fingerprint density at radius 2 is 0.969 bits per heavy atom. The molecule has 9 heteroatoms. The Labute approximate surface area is 397 Å². The molecule has 0 bridgehead atoms. The van der Waals surface area contributed by atoms with Gasteiger partial charge in [0.05, 0.1) is 6.61 Å². The zero-order chi connectivity index (χ0) is 47.0. The van der Waals surface area contributed by atoms with Crippen molar-refractivity contribution in [2.75, 3.05) is 50.1 Å². The molecule has 1 N–H and O–H groups in total. The van der Waals surface area contributed by atoms with Gasteiger partial charge in [-0.25, -0.2) is 0 Å². The minimum Gasteiger partial charge on any atom is -0.466 e. The lowest BCUT2D eigenvalue weighted by atomic mass is 10.0. The molecular weight excluding hydrogens is 811 g/mol. The van der Waals surface area contributed by atoms with E-state index in [2.05, 4.69) is 31.0 Å². The number of para-hydroxylation sites is 1. The van der Waals surface area contributed by atoms with Gasteiger partial charge in [0.25, 0.3) is 10.9 Å². The normalized spacial score (nSPS) is 11.5. The van der Waals surface area contributed by atoms with Crippen LogP contribution in [0.15, 0.2) is 39.9 Å². The molecule has 0 radical (unpaired) electrons. The molecule has 0 heterocycles. The van der Waals surface area contributed by atoms with E-state index in [9.17, 15) is 19.2 Å². The zero-order valence-corrected chi connectivity index (χ0v) is 42.4. The third kappa shape index (κ3) is 28.6. The summed E-state index contributed by atoms with van der Waals surface area (Å²) in [6.45, 7) is 10.9. The first-order valence-electron chi connectivity index (χ1n) is 27.3. The number of esters is 2. The largest absolute Gasteiger partial charge is 0.466 e. The molecule has 0 aliphatic heterocycles. The molecule has 2 aromatic carbocycles. The molecule has 0 saturated heterocycles. The van der Waals surface area contributed by atoms with Crippen molar-refractivity contribution in [2.45, 2.75) is 245 Å². The topological polar surface area (TPSA) is 105 Å². The van der Waals surface area contributed by atoms with Gasteiger partial charge >= 0.3 is 11.9 Å². The molecule has 0 atom stereocenters. The Morgan fingerprint density at radius 3 is 1.51 bits per heavy atom. The van der Waals surface area contributed by atoms with E-state index in [1.54, 1.807) is 4.90 Å². The maximum Gasteiger partial charge on any atom is 0.306 e. The Hall–Kier alpha value is -3.20. The van der Waals surface area contributed by atoms with E-state index in [1.807, 2.05) is 37.4 Å². The average Bonchev–Trinajstić information content (AvgIpc) is 3.31. The molecular formula is C56H97N3O6. The van der Waals surface area contributed by atoms with E-state index in [0.717, 1.165) is 134 Å². The summed E-state index contributed by atoms with van der Waals surface area (Å²) in [5, 5.41) is 3.30. The van der Waals surface area contributed by atoms with E-state index < -0.39 is 10.9 Å². The van der Waals surface area contributed by atoms with Crippen LogP contribution in [0, 0.1) is 0 Å². The first-order valence-corrected chi connectivity index (χ1v) is 27.3. The van der Waals surface area contributed by atoms with Gasteiger partial charge in [-0.3, -0.25) is 19.2 Å². The number of nitrogens with one attached hydrogen (secondary N) is 1. The van der Waals surface area contributed by atoms with Gasteiger partial charge in [0, 0.05) is 32.1 Å². The Morgan fingerprint density at radius 1 is 0.523 bits per heavy atom. The van der Waals surface area contributed by atoms with Crippen molar-refractivity contribution < 1.29 is 19.1 Å². The fraction of sp³-hybridized carbons (Fsp3) is 0.786. The van der Waals surface area contributed by atoms with Crippen LogP contribution in [0.25, 0.3) is 0 Å². The average molecular weight is 908 g/mol. The molecule has 0 saturated carbocycles. The number of rotatable bonds is 46. The molecule has 65 heavy (non-hydrogen) atoms. The summed E-state index contributed by atoms with van der Waals surface area (Å²) in [4.78, 5) is 54.6. The predicted octanol–water partition coefficient (Wildman–Crippen LogP) is 14.5. The highest BCUT2D eigenvalue weighted by Crippen LogP contribution is 2.27. The fourth-order valence-electron chi connectivity index (χ4n) is 8.90. The van der Waals surface area contributed by atoms with Crippen molar-refractivity contribution in [3.63, 3.8) is 0 Å². The number of anilines is 3. The van der Waals surface area contributed by atoms with Crippen molar-refractivity contribution in [3.8, 4) is 0 Å². The number of carbonyl (C=O) groups is 2. The minimum absolute atomic E-state index is 0.00644. The van der Waals surface area contributed by atoms with Gasteiger partial charge < -0.3 is 24.6 Å². The summed E-state index contributed by atoms with van der Waals surface area (Å²) < 4.78 is 11.6. The second-order valence-corrected chi connectivity index (χ2v) is 19.0. The maximum atomic E-state index is 12.9. The molecule has 0 aromatic heterocycles. The van der Waals surface area contributed by atoms with Crippen molar-refractivity contribution in [2.24, 2.45) is 0 Å². The number of carbonyl (C=O) groups excluding carboxylic acids is 2. The van der Waals surface area contributed by atoms with Crippen molar-refractivity contribution >= 4 is 29.0 Å². The molecule has 2 aromatic rings. The van der Waals surface area contributed by atoms with Crippen LogP contribution < -0.4 is 21.1 Å². The summed E-state index contributed by atoms with van der Waals surface area (Å²) in [7, 11) is 1.83. The zero-order valence-electron chi connectivity index (χ0n) is 42.4. The fourth-order valence-corrected chi connectivity index (χ4v) is 8.90. The van der Waals surface area contributed by atoms with Crippen LogP contribution in [0.4, 0.5) is 17.1 Å². The van der Waals surface area contributed by atoms with E-state index in [-0.39, 0.29) is 18.0 Å². The van der Waals surface area contributed by atoms with Crippen LogP contribution in [-0.2, 0) is 19.1 Å². The maximum absolute atomic E-state index is 12.9. The quantitative estimate of drug-likeness (QED) is 0.0395. The van der Waals surface area contributed by atoms with Crippen LogP contribution >= 0.6 is 0 Å². The molecule has 0 fully saturated rings. The van der Waals surface area contributed by atoms with Gasteiger partial charge in [-0.1, -0.05) is 180 Å². The third-order valence-corrected chi connectivity index (χ3v) is 13.1. The minimum atomic E-state index is -0.436. The highest BCUT2D eigenvalue weighted by Gasteiger charge is 2.24. The van der Waals surface area contributed by atoms with Crippen molar-refractivity contribution in [1.29, 1.82) is 0 Å². The van der Waals surface area contributed by atoms with Crippen molar-refractivity contribution in [1.82, 2.24) is 4.90 Å². The first-order chi connectivity index (χ1) is 31.8.